The fourth-order valence-electron chi connectivity index (χ4n) is 3.87. The lowest BCUT2D eigenvalue weighted by Gasteiger charge is -2.26. The smallest absolute Gasteiger partial charge is 0.326 e. The van der Waals surface area contributed by atoms with E-state index >= 15 is 0 Å². The molecule has 0 aromatic carbocycles. The molecule has 0 saturated carbocycles. The van der Waals surface area contributed by atoms with Crippen molar-refractivity contribution < 1.29 is 19.1 Å². The van der Waals surface area contributed by atoms with Gasteiger partial charge in [-0.15, -0.1) is 10.2 Å². The fraction of sp³-hybridized carbons (Fsp3) is 0.375. The second kappa shape index (κ2) is 11.4. The number of piperidine rings is 1. The maximum atomic E-state index is 12.8. The lowest BCUT2D eigenvalue weighted by atomic mass is 10.1. The predicted molar refractivity (Wildman–Crippen MR) is 131 cm³/mol. The van der Waals surface area contributed by atoms with Crippen LogP contribution in [0.1, 0.15) is 49.5 Å². The zero-order chi connectivity index (χ0) is 25.5. The average Bonchev–Trinajstić information content (AvgIpc) is 3.38. The molecule has 36 heavy (non-hydrogen) atoms. The van der Waals surface area contributed by atoms with Crippen LogP contribution >= 0.6 is 0 Å². The highest BCUT2D eigenvalue weighted by atomic mass is 16.5. The van der Waals surface area contributed by atoms with E-state index in [1.807, 2.05) is 11.8 Å². The molecule has 1 aliphatic heterocycles. The van der Waals surface area contributed by atoms with Crippen molar-refractivity contribution in [2.24, 2.45) is 0 Å². The highest BCUT2D eigenvalue weighted by molar-refractivity contribution is 6.00. The van der Waals surface area contributed by atoms with Crippen molar-refractivity contribution in [1.29, 1.82) is 0 Å². The molecule has 1 saturated heterocycles. The quantitative estimate of drug-likeness (QED) is 0.479. The number of carbonyl (C=O) groups excluding carboxylic acids is 3. The van der Waals surface area contributed by atoms with Gasteiger partial charge in [-0.25, -0.2) is 14.8 Å². The number of aromatic nitrogens is 5. The van der Waals surface area contributed by atoms with E-state index in [0.29, 0.717) is 17.1 Å². The first-order valence-corrected chi connectivity index (χ1v) is 11.7. The summed E-state index contributed by atoms with van der Waals surface area (Å²) >= 11 is 0. The number of nitrogens with one attached hydrogen (secondary N) is 2. The predicted octanol–water partition coefficient (Wildman–Crippen LogP) is 3.13. The summed E-state index contributed by atoms with van der Waals surface area (Å²) in [5, 5.41) is 13.4. The molecule has 0 bridgehead atoms. The SMILES string of the molecule is CC(=O)OCC(C)n1cnnc1-c1cccc(NC(=O)Nc2cc(C(=O)N3CCCCC3)ccn2)n1. The summed E-state index contributed by atoms with van der Waals surface area (Å²) < 4.78 is 6.82. The molecule has 12 nitrogen and oxygen atoms in total. The van der Waals surface area contributed by atoms with Gasteiger partial charge in [0, 0.05) is 31.8 Å². The Bertz CT molecular complexity index is 1240. The Kier molecular flexibility index (Phi) is 7.83. The zero-order valence-electron chi connectivity index (χ0n) is 20.2. The first kappa shape index (κ1) is 24.8. The van der Waals surface area contributed by atoms with Gasteiger partial charge < -0.3 is 14.2 Å². The van der Waals surface area contributed by atoms with Crippen LogP contribution in [0.3, 0.4) is 0 Å². The summed E-state index contributed by atoms with van der Waals surface area (Å²) in [6.45, 7) is 4.85. The van der Waals surface area contributed by atoms with Crippen LogP contribution in [0, 0.1) is 0 Å². The van der Waals surface area contributed by atoms with Gasteiger partial charge in [0.2, 0.25) is 0 Å². The van der Waals surface area contributed by atoms with Crippen LogP contribution in [0.5, 0.6) is 0 Å². The summed E-state index contributed by atoms with van der Waals surface area (Å²) in [4.78, 5) is 46.9. The fourth-order valence-corrected chi connectivity index (χ4v) is 3.87. The first-order valence-electron chi connectivity index (χ1n) is 11.7. The Labute approximate surface area is 208 Å². The summed E-state index contributed by atoms with van der Waals surface area (Å²) in [6.07, 6.45) is 6.15. The number of esters is 1. The third-order valence-corrected chi connectivity index (χ3v) is 5.69. The largest absolute Gasteiger partial charge is 0.464 e. The number of ether oxygens (including phenoxy) is 1. The molecule has 1 aliphatic rings. The van der Waals surface area contributed by atoms with Crippen molar-refractivity contribution in [3.8, 4) is 11.5 Å². The van der Waals surface area contributed by atoms with E-state index < -0.39 is 6.03 Å². The van der Waals surface area contributed by atoms with Gasteiger partial charge in [-0.05, 0) is 50.5 Å². The third kappa shape index (κ3) is 6.20. The van der Waals surface area contributed by atoms with E-state index in [1.165, 1.54) is 19.4 Å². The van der Waals surface area contributed by atoms with Gasteiger partial charge in [-0.3, -0.25) is 20.2 Å². The molecule has 1 unspecified atom stereocenters. The molecule has 1 fully saturated rings. The van der Waals surface area contributed by atoms with Crippen molar-refractivity contribution >= 4 is 29.5 Å². The molecule has 0 aliphatic carbocycles. The molecule has 3 amide bonds. The van der Waals surface area contributed by atoms with Crippen molar-refractivity contribution in [1.82, 2.24) is 29.6 Å². The second-order valence-corrected chi connectivity index (χ2v) is 8.48. The van der Waals surface area contributed by atoms with Crippen LogP contribution in [0.2, 0.25) is 0 Å². The van der Waals surface area contributed by atoms with Gasteiger partial charge >= 0.3 is 12.0 Å². The number of hydrogen-bond acceptors (Lipinski definition) is 8. The number of hydrogen-bond donors (Lipinski definition) is 2. The summed E-state index contributed by atoms with van der Waals surface area (Å²) in [5.74, 6) is 0.562. The molecule has 4 rings (SSSR count). The molecule has 0 spiro atoms. The van der Waals surface area contributed by atoms with E-state index in [1.54, 1.807) is 34.9 Å². The van der Waals surface area contributed by atoms with Crippen LogP contribution in [0.15, 0.2) is 42.9 Å². The van der Waals surface area contributed by atoms with Gasteiger partial charge in [-0.2, -0.15) is 0 Å². The lowest BCUT2D eigenvalue weighted by Crippen LogP contribution is -2.35. The van der Waals surface area contributed by atoms with Crippen molar-refractivity contribution in [2.45, 2.75) is 39.2 Å². The van der Waals surface area contributed by atoms with E-state index in [2.05, 4.69) is 30.8 Å². The molecule has 1 atom stereocenters. The number of anilines is 2. The highest BCUT2D eigenvalue weighted by Crippen LogP contribution is 2.21. The van der Waals surface area contributed by atoms with Gasteiger partial charge in [0.25, 0.3) is 5.91 Å². The normalized spacial score (nSPS) is 14.1. The number of urea groups is 1. The van der Waals surface area contributed by atoms with E-state index in [-0.39, 0.29) is 36.2 Å². The number of nitrogens with zero attached hydrogens (tertiary/aromatic N) is 6. The van der Waals surface area contributed by atoms with E-state index in [0.717, 1.165) is 32.4 Å². The number of pyridine rings is 2. The van der Waals surface area contributed by atoms with Crippen molar-refractivity contribution in [3.05, 3.63) is 48.4 Å². The molecule has 2 N–H and O–H groups in total. The maximum absolute atomic E-state index is 12.8. The maximum Gasteiger partial charge on any atom is 0.326 e. The second-order valence-electron chi connectivity index (χ2n) is 8.48. The molecule has 12 heteroatoms. The average molecular weight is 493 g/mol. The number of rotatable bonds is 7. The van der Waals surface area contributed by atoms with Crippen molar-refractivity contribution in [3.63, 3.8) is 0 Å². The van der Waals surface area contributed by atoms with E-state index in [4.69, 9.17) is 4.74 Å². The summed E-state index contributed by atoms with van der Waals surface area (Å²) in [6, 6.07) is 7.53. The van der Waals surface area contributed by atoms with Gasteiger partial charge in [0.1, 0.15) is 30.3 Å². The zero-order valence-corrected chi connectivity index (χ0v) is 20.2. The minimum Gasteiger partial charge on any atom is -0.464 e. The molecular formula is C24H28N8O4. The monoisotopic (exact) mass is 492 g/mol. The van der Waals surface area contributed by atoms with Crippen LogP contribution < -0.4 is 10.6 Å². The summed E-state index contributed by atoms with van der Waals surface area (Å²) in [5.41, 5.74) is 0.955. The van der Waals surface area contributed by atoms with E-state index in [9.17, 15) is 14.4 Å². The highest BCUT2D eigenvalue weighted by Gasteiger charge is 2.19. The Morgan fingerprint density at radius 2 is 1.86 bits per heavy atom. The van der Waals surface area contributed by atoms with Crippen LogP contribution in [0.4, 0.5) is 16.4 Å². The molecular weight excluding hydrogens is 464 g/mol. The number of amides is 3. The lowest BCUT2D eigenvalue weighted by molar-refractivity contribution is -0.141. The Balaban J connectivity index is 1.41. The minimum atomic E-state index is -0.556. The Hall–Kier alpha value is -4.35. The topological polar surface area (TPSA) is 144 Å². The third-order valence-electron chi connectivity index (χ3n) is 5.69. The molecule has 3 aromatic heterocycles. The molecule has 0 radical (unpaired) electrons. The Morgan fingerprint density at radius 3 is 2.64 bits per heavy atom. The number of likely N-dealkylation sites (tertiary alicyclic amines) is 1. The number of carbonyl (C=O) groups is 3. The van der Waals surface area contributed by atoms with Crippen LogP contribution in [0.25, 0.3) is 11.5 Å². The molecule has 188 valence electrons. The molecule has 4 heterocycles. The standard InChI is InChI=1S/C24H28N8O4/c1-16(14-36-17(2)33)32-15-26-30-22(32)19-7-6-8-20(27-19)28-24(35)29-21-13-18(9-10-25-21)23(34)31-11-4-3-5-12-31/h6-10,13,15-16H,3-5,11-12,14H2,1-2H3,(H2,25,27,28,29,35). The van der Waals surface area contributed by atoms with Crippen LogP contribution in [-0.2, 0) is 9.53 Å². The van der Waals surface area contributed by atoms with Gasteiger partial charge in [-0.1, -0.05) is 6.07 Å². The Morgan fingerprint density at radius 1 is 1.08 bits per heavy atom. The molecule has 3 aromatic rings. The minimum absolute atomic E-state index is 0.0676. The van der Waals surface area contributed by atoms with Gasteiger partial charge in [0.05, 0.1) is 6.04 Å². The first-order chi connectivity index (χ1) is 17.4. The van der Waals surface area contributed by atoms with Gasteiger partial charge in [0.15, 0.2) is 5.82 Å². The van der Waals surface area contributed by atoms with Crippen LogP contribution in [-0.4, -0.2) is 67.2 Å². The van der Waals surface area contributed by atoms with Crippen molar-refractivity contribution in [2.75, 3.05) is 30.3 Å². The summed E-state index contributed by atoms with van der Waals surface area (Å²) in [7, 11) is 0.